The SMILES string of the molecule is CCCCC/C=C/C/C=C/C/C=C/C/C=C/CCCC(=O)OC[C@H](CO[C@H]1O[C@@H](CO[C@H]2O[C@@H](CO)[C@@H](O)C(O)C2O)[C@@H](O)C(O)C1O)OC(=O)CCC/C=C/C/C=C/C/C=C/C/C=C/CCCCCCCCC. The predicted molar refractivity (Wildman–Crippen MR) is 288 cm³/mol. The Hall–Kier alpha value is -3.58. The second-order valence-electron chi connectivity index (χ2n) is 19.0. The number of aliphatic hydroxyl groups excluding tert-OH is 7. The van der Waals surface area contributed by atoms with Crippen LogP contribution in [0.25, 0.3) is 0 Å². The van der Waals surface area contributed by atoms with Crippen molar-refractivity contribution in [2.45, 2.75) is 235 Å². The van der Waals surface area contributed by atoms with E-state index < -0.39 is 99.3 Å². The van der Waals surface area contributed by atoms with Crippen LogP contribution in [0.3, 0.4) is 0 Å². The van der Waals surface area contributed by atoms with Crippen LogP contribution in [0.15, 0.2) is 97.2 Å². The first kappa shape index (κ1) is 66.5. The van der Waals surface area contributed by atoms with Crippen molar-refractivity contribution in [1.29, 1.82) is 0 Å². The summed E-state index contributed by atoms with van der Waals surface area (Å²) in [6, 6.07) is 0. The van der Waals surface area contributed by atoms with Gasteiger partial charge in [-0.2, -0.15) is 0 Å². The number of hydrogen-bond acceptors (Lipinski definition) is 15. The lowest BCUT2D eigenvalue weighted by Crippen LogP contribution is -2.61. The molecule has 0 aromatic rings. The standard InChI is InChI=1S/C59H96O15/c1-3-5-7-9-11-13-15-17-19-21-22-23-24-26-28-30-32-34-36-38-40-42-51(62)72-47(44-69-50(61)41-39-37-35-33-31-29-27-25-20-18-16-14-12-10-8-6-4-2)45-70-58-57(68)55(66)53(64)49(74-58)46-71-59-56(67)54(65)52(63)48(43-60)73-59/h12,14,18-21,23-24,27-30,33-36,47-49,52-60,63-68H,3-11,13,15-17,22,25-26,31-32,37-46H2,1-2H3/b14-12+,20-18+,21-19+,24-23+,29-27+,30-28+,35-33+,36-34+/t47-,48+,49+,52-,53-,54?,55?,56?,57?,58+,59+/m1/s1. The molecule has 0 radical (unpaired) electrons. The Kier molecular flexibility index (Phi) is 40.0. The number of allylic oxidation sites excluding steroid dienone is 16. The van der Waals surface area contributed by atoms with Crippen LogP contribution in [0.5, 0.6) is 0 Å². The number of carbonyl (C=O) groups excluding carboxylic acids is 2. The van der Waals surface area contributed by atoms with Crippen LogP contribution in [-0.4, -0.2) is 142 Å². The summed E-state index contributed by atoms with van der Waals surface area (Å²) in [4.78, 5) is 25.8. The predicted octanol–water partition coefficient (Wildman–Crippen LogP) is 8.93. The summed E-state index contributed by atoms with van der Waals surface area (Å²) in [5, 5.41) is 72.2. The molecule has 4 unspecified atom stereocenters. The molecule has 0 spiro atoms. The summed E-state index contributed by atoms with van der Waals surface area (Å²) in [5.41, 5.74) is 0. The van der Waals surface area contributed by atoms with Gasteiger partial charge in [-0.1, -0.05) is 162 Å². The van der Waals surface area contributed by atoms with E-state index in [4.69, 9.17) is 28.4 Å². The van der Waals surface area contributed by atoms with Crippen molar-refractivity contribution < 1.29 is 73.8 Å². The van der Waals surface area contributed by atoms with Gasteiger partial charge in [0, 0.05) is 12.8 Å². The van der Waals surface area contributed by atoms with Gasteiger partial charge in [0.1, 0.15) is 55.4 Å². The van der Waals surface area contributed by atoms with Crippen molar-refractivity contribution in [1.82, 2.24) is 0 Å². The van der Waals surface area contributed by atoms with E-state index in [2.05, 4.69) is 86.8 Å². The Bertz CT molecular complexity index is 1650. The van der Waals surface area contributed by atoms with E-state index >= 15 is 0 Å². The molecule has 2 aliphatic heterocycles. The number of rotatable bonds is 42. The first-order valence-electron chi connectivity index (χ1n) is 27.8. The summed E-state index contributed by atoms with van der Waals surface area (Å²) in [5.74, 6) is -1.06. The van der Waals surface area contributed by atoms with Crippen LogP contribution in [0.4, 0.5) is 0 Å². The van der Waals surface area contributed by atoms with E-state index in [-0.39, 0.29) is 19.4 Å². The van der Waals surface area contributed by atoms with Crippen LogP contribution in [0.2, 0.25) is 0 Å². The molecular formula is C59H96O15. The molecule has 2 saturated heterocycles. The van der Waals surface area contributed by atoms with Crippen LogP contribution < -0.4 is 0 Å². The summed E-state index contributed by atoms with van der Waals surface area (Å²) >= 11 is 0. The van der Waals surface area contributed by atoms with Crippen LogP contribution in [-0.2, 0) is 38.0 Å². The fraction of sp³-hybridized carbons (Fsp3) is 0.695. The molecule has 74 heavy (non-hydrogen) atoms. The second-order valence-corrected chi connectivity index (χ2v) is 19.0. The highest BCUT2D eigenvalue weighted by molar-refractivity contribution is 5.70. The third kappa shape index (κ3) is 31.5. The molecule has 2 fully saturated rings. The maximum absolute atomic E-state index is 13.0. The molecule has 11 atom stereocenters. The third-order valence-electron chi connectivity index (χ3n) is 12.5. The molecule has 2 heterocycles. The third-order valence-corrected chi connectivity index (χ3v) is 12.5. The van der Waals surface area contributed by atoms with E-state index in [1.807, 2.05) is 24.3 Å². The normalized spacial score (nSPS) is 25.4. The van der Waals surface area contributed by atoms with Gasteiger partial charge in [-0.25, -0.2) is 0 Å². The molecule has 7 N–H and O–H groups in total. The minimum atomic E-state index is -1.79. The van der Waals surface area contributed by atoms with Gasteiger partial charge in [-0.3, -0.25) is 9.59 Å². The van der Waals surface area contributed by atoms with Crippen molar-refractivity contribution in [3.63, 3.8) is 0 Å². The van der Waals surface area contributed by atoms with Gasteiger partial charge in [0.25, 0.3) is 0 Å². The lowest BCUT2D eigenvalue weighted by Gasteiger charge is -2.42. The van der Waals surface area contributed by atoms with Crippen LogP contribution in [0, 0.1) is 0 Å². The maximum atomic E-state index is 13.0. The minimum Gasteiger partial charge on any atom is -0.462 e. The topological polar surface area (TPSA) is 231 Å². The highest BCUT2D eigenvalue weighted by Gasteiger charge is 2.47. The Morgan fingerprint density at radius 2 is 0.811 bits per heavy atom. The molecule has 422 valence electrons. The second kappa shape index (κ2) is 44.5. The Morgan fingerprint density at radius 3 is 1.30 bits per heavy atom. The summed E-state index contributed by atoms with van der Waals surface area (Å²) in [7, 11) is 0. The van der Waals surface area contributed by atoms with Crippen molar-refractivity contribution in [3.05, 3.63) is 97.2 Å². The van der Waals surface area contributed by atoms with Gasteiger partial charge >= 0.3 is 11.9 Å². The molecule has 15 heteroatoms. The first-order chi connectivity index (χ1) is 36.0. The molecule has 15 nitrogen and oxygen atoms in total. The van der Waals surface area contributed by atoms with Gasteiger partial charge in [0.15, 0.2) is 18.7 Å². The largest absolute Gasteiger partial charge is 0.462 e. The summed E-state index contributed by atoms with van der Waals surface area (Å²) in [6.07, 6.45) is 40.1. The van der Waals surface area contributed by atoms with Crippen molar-refractivity contribution in [3.8, 4) is 0 Å². The molecule has 0 saturated carbocycles. The lowest BCUT2D eigenvalue weighted by atomic mass is 9.98. The number of carbonyl (C=O) groups is 2. The average Bonchev–Trinajstić information content (AvgIpc) is 3.39. The van der Waals surface area contributed by atoms with Gasteiger partial charge in [-0.15, -0.1) is 0 Å². The van der Waals surface area contributed by atoms with Crippen molar-refractivity contribution in [2.24, 2.45) is 0 Å². The molecule has 2 aliphatic rings. The number of unbranched alkanes of at least 4 members (excludes halogenated alkanes) is 12. The first-order valence-corrected chi connectivity index (χ1v) is 27.8. The van der Waals surface area contributed by atoms with Crippen LogP contribution in [0.1, 0.15) is 168 Å². The zero-order valence-corrected chi connectivity index (χ0v) is 44.8. The number of aliphatic hydroxyl groups is 7. The average molecular weight is 1050 g/mol. The van der Waals surface area contributed by atoms with E-state index in [1.165, 1.54) is 64.2 Å². The zero-order valence-electron chi connectivity index (χ0n) is 44.8. The quantitative estimate of drug-likeness (QED) is 0.0172. The minimum absolute atomic E-state index is 0.0722. The number of ether oxygens (including phenoxy) is 6. The molecule has 0 aromatic heterocycles. The van der Waals surface area contributed by atoms with E-state index in [0.29, 0.717) is 25.7 Å². The van der Waals surface area contributed by atoms with Gasteiger partial charge in [-0.05, 0) is 89.9 Å². The Morgan fingerprint density at radius 1 is 0.432 bits per heavy atom. The Labute approximate surface area is 443 Å². The van der Waals surface area contributed by atoms with Gasteiger partial charge < -0.3 is 64.2 Å². The van der Waals surface area contributed by atoms with Crippen molar-refractivity contribution >= 4 is 11.9 Å². The van der Waals surface area contributed by atoms with Crippen LogP contribution >= 0.6 is 0 Å². The van der Waals surface area contributed by atoms with E-state index in [9.17, 15) is 45.3 Å². The van der Waals surface area contributed by atoms with Gasteiger partial charge in [0.05, 0.1) is 19.8 Å². The molecule has 0 aromatic carbocycles. The fourth-order valence-corrected chi connectivity index (χ4v) is 7.97. The van der Waals surface area contributed by atoms with Crippen molar-refractivity contribution in [2.75, 3.05) is 26.4 Å². The molecule has 0 amide bonds. The summed E-state index contributed by atoms with van der Waals surface area (Å²) in [6.45, 7) is 2.43. The summed E-state index contributed by atoms with van der Waals surface area (Å²) < 4.78 is 33.5. The van der Waals surface area contributed by atoms with E-state index in [1.54, 1.807) is 0 Å². The molecular weight excluding hydrogens is 949 g/mol. The smallest absolute Gasteiger partial charge is 0.306 e. The number of esters is 2. The monoisotopic (exact) mass is 1040 g/mol. The van der Waals surface area contributed by atoms with E-state index in [0.717, 1.165) is 51.4 Å². The lowest BCUT2D eigenvalue weighted by molar-refractivity contribution is -0.332. The van der Waals surface area contributed by atoms with Gasteiger partial charge in [0.2, 0.25) is 0 Å². The zero-order chi connectivity index (χ0) is 53.9. The highest BCUT2D eigenvalue weighted by Crippen LogP contribution is 2.26. The molecule has 0 aliphatic carbocycles. The molecule has 0 bridgehead atoms. The Balaban J connectivity index is 1.84. The fourth-order valence-electron chi connectivity index (χ4n) is 7.97. The maximum Gasteiger partial charge on any atom is 0.306 e. The highest BCUT2D eigenvalue weighted by atomic mass is 16.7. The molecule has 2 rings (SSSR count). The number of hydrogen-bond donors (Lipinski definition) is 7.